The van der Waals surface area contributed by atoms with Crippen LogP contribution in [0.4, 0.5) is 17.2 Å². The number of carbonyl (C=O) groups is 1. The van der Waals surface area contributed by atoms with Gasteiger partial charge in [-0.2, -0.15) is 0 Å². The molecule has 0 atom stereocenters. The van der Waals surface area contributed by atoms with E-state index in [9.17, 15) is 14.9 Å². The van der Waals surface area contributed by atoms with Gasteiger partial charge in [0.15, 0.2) is 0 Å². The van der Waals surface area contributed by atoms with E-state index in [1.165, 1.54) is 6.07 Å². The van der Waals surface area contributed by atoms with Crippen molar-refractivity contribution in [1.82, 2.24) is 9.88 Å². The Morgan fingerprint density at radius 3 is 2.52 bits per heavy atom. The van der Waals surface area contributed by atoms with E-state index >= 15 is 0 Å². The van der Waals surface area contributed by atoms with Gasteiger partial charge in [0.2, 0.25) is 11.7 Å². The van der Waals surface area contributed by atoms with E-state index < -0.39 is 4.92 Å². The van der Waals surface area contributed by atoms with Crippen LogP contribution < -0.4 is 10.2 Å². The molecule has 1 amide bonds. The van der Waals surface area contributed by atoms with Gasteiger partial charge >= 0.3 is 5.69 Å². The number of anilines is 2. The summed E-state index contributed by atoms with van der Waals surface area (Å²) >= 11 is 0. The SMILES string of the molecule is O=C(CN1CCN(c2ncccc2[N+](=O)[O-])CC1)Nc1ccccc1. The normalized spacial score (nSPS) is 15.0. The van der Waals surface area contributed by atoms with Crippen molar-refractivity contribution in [2.75, 3.05) is 42.9 Å². The Labute approximate surface area is 145 Å². The zero-order valence-corrected chi connectivity index (χ0v) is 13.7. The zero-order valence-electron chi connectivity index (χ0n) is 13.7. The first kappa shape index (κ1) is 16.8. The average Bonchev–Trinajstić information content (AvgIpc) is 2.63. The molecule has 1 aliphatic rings. The fourth-order valence-electron chi connectivity index (χ4n) is 2.82. The highest BCUT2D eigenvalue weighted by atomic mass is 16.6. The van der Waals surface area contributed by atoms with Gasteiger partial charge in [-0.3, -0.25) is 19.8 Å². The van der Waals surface area contributed by atoms with Crippen LogP contribution in [0, 0.1) is 10.1 Å². The molecule has 1 aromatic carbocycles. The first-order chi connectivity index (χ1) is 12.1. The molecule has 2 aromatic rings. The fraction of sp³-hybridized carbons (Fsp3) is 0.294. The highest BCUT2D eigenvalue weighted by Crippen LogP contribution is 2.25. The highest BCUT2D eigenvalue weighted by Gasteiger charge is 2.25. The summed E-state index contributed by atoms with van der Waals surface area (Å²) in [6.07, 6.45) is 1.56. The van der Waals surface area contributed by atoms with E-state index in [0.717, 1.165) is 5.69 Å². The molecule has 0 bridgehead atoms. The highest BCUT2D eigenvalue weighted by molar-refractivity contribution is 5.92. The van der Waals surface area contributed by atoms with E-state index in [4.69, 9.17) is 0 Å². The number of aromatic nitrogens is 1. The van der Waals surface area contributed by atoms with Crippen molar-refractivity contribution in [1.29, 1.82) is 0 Å². The summed E-state index contributed by atoms with van der Waals surface area (Å²) in [6, 6.07) is 12.3. The number of nitrogens with zero attached hydrogens (tertiary/aromatic N) is 4. The summed E-state index contributed by atoms with van der Waals surface area (Å²) in [4.78, 5) is 30.9. The lowest BCUT2D eigenvalue weighted by molar-refractivity contribution is -0.384. The van der Waals surface area contributed by atoms with Crippen LogP contribution in [-0.4, -0.2) is 53.4 Å². The monoisotopic (exact) mass is 341 g/mol. The van der Waals surface area contributed by atoms with E-state index in [2.05, 4.69) is 10.3 Å². The summed E-state index contributed by atoms with van der Waals surface area (Å²) in [5.41, 5.74) is 0.785. The van der Waals surface area contributed by atoms with Crippen LogP contribution in [0.15, 0.2) is 48.7 Å². The number of amides is 1. The van der Waals surface area contributed by atoms with E-state index in [-0.39, 0.29) is 11.6 Å². The van der Waals surface area contributed by atoms with Crippen molar-refractivity contribution in [3.05, 3.63) is 58.8 Å². The maximum absolute atomic E-state index is 12.1. The minimum atomic E-state index is -0.415. The Hall–Kier alpha value is -3.00. The van der Waals surface area contributed by atoms with Gasteiger partial charge in [-0.05, 0) is 18.2 Å². The summed E-state index contributed by atoms with van der Waals surface area (Å²) in [7, 11) is 0. The average molecular weight is 341 g/mol. The number of nitro groups is 1. The number of benzene rings is 1. The lowest BCUT2D eigenvalue weighted by Gasteiger charge is -2.34. The molecule has 0 radical (unpaired) electrons. The van der Waals surface area contributed by atoms with Crippen molar-refractivity contribution >= 4 is 23.1 Å². The third-order valence-corrected chi connectivity index (χ3v) is 4.06. The molecule has 0 unspecified atom stereocenters. The van der Waals surface area contributed by atoms with Gasteiger partial charge in [0.1, 0.15) is 0 Å². The maximum Gasteiger partial charge on any atom is 0.311 e. The number of pyridine rings is 1. The molecule has 0 saturated carbocycles. The van der Waals surface area contributed by atoms with Gasteiger partial charge in [0, 0.05) is 44.1 Å². The van der Waals surface area contributed by atoms with Gasteiger partial charge in [0.25, 0.3) is 0 Å². The predicted octanol–water partition coefficient (Wildman–Crippen LogP) is 1.75. The van der Waals surface area contributed by atoms with Gasteiger partial charge in [-0.25, -0.2) is 4.98 Å². The van der Waals surface area contributed by atoms with E-state index in [0.29, 0.717) is 38.5 Å². The molecule has 1 aromatic heterocycles. The standard InChI is InChI=1S/C17H19N5O3/c23-16(19-14-5-2-1-3-6-14)13-20-9-11-21(12-10-20)17-15(22(24)25)7-4-8-18-17/h1-8H,9-13H2,(H,19,23). The lowest BCUT2D eigenvalue weighted by Crippen LogP contribution is -2.49. The number of hydrogen-bond donors (Lipinski definition) is 1. The van der Waals surface area contributed by atoms with Crippen LogP contribution in [0.1, 0.15) is 0 Å². The molecule has 130 valence electrons. The minimum Gasteiger partial charge on any atom is -0.348 e. The smallest absolute Gasteiger partial charge is 0.311 e. The van der Waals surface area contributed by atoms with Crippen molar-refractivity contribution in [3.63, 3.8) is 0 Å². The predicted molar refractivity (Wildman–Crippen MR) is 94.6 cm³/mol. The second kappa shape index (κ2) is 7.71. The van der Waals surface area contributed by atoms with Crippen LogP contribution >= 0.6 is 0 Å². The van der Waals surface area contributed by atoms with E-state index in [1.807, 2.05) is 40.1 Å². The number of hydrogen-bond acceptors (Lipinski definition) is 6. The molecule has 1 aliphatic heterocycles. The molecule has 1 fully saturated rings. The molecule has 2 heterocycles. The first-order valence-electron chi connectivity index (χ1n) is 8.05. The number of piperazine rings is 1. The van der Waals surface area contributed by atoms with E-state index in [1.54, 1.807) is 12.3 Å². The molecule has 8 heteroatoms. The second-order valence-corrected chi connectivity index (χ2v) is 5.78. The van der Waals surface area contributed by atoms with Gasteiger partial charge in [-0.1, -0.05) is 18.2 Å². The Bertz CT molecular complexity index is 745. The molecule has 8 nitrogen and oxygen atoms in total. The molecule has 0 spiro atoms. The number of para-hydroxylation sites is 1. The molecule has 1 N–H and O–H groups in total. The molecule has 0 aliphatic carbocycles. The summed E-state index contributed by atoms with van der Waals surface area (Å²) < 4.78 is 0. The number of carbonyl (C=O) groups excluding carboxylic acids is 1. The quantitative estimate of drug-likeness (QED) is 0.658. The molecular weight excluding hydrogens is 322 g/mol. The Kier molecular flexibility index (Phi) is 5.20. The Morgan fingerprint density at radius 1 is 1.12 bits per heavy atom. The van der Waals surface area contributed by atoms with Crippen LogP contribution in [0.3, 0.4) is 0 Å². The fourth-order valence-corrected chi connectivity index (χ4v) is 2.82. The van der Waals surface area contributed by atoms with Crippen molar-refractivity contribution < 1.29 is 9.72 Å². The van der Waals surface area contributed by atoms with Crippen LogP contribution in [-0.2, 0) is 4.79 Å². The van der Waals surface area contributed by atoms with Gasteiger partial charge in [-0.15, -0.1) is 0 Å². The number of nitrogens with one attached hydrogen (secondary N) is 1. The molecule has 3 rings (SSSR count). The summed E-state index contributed by atoms with van der Waals surface area (Å²) in [5, 5.41) is 14.0. The summed E-state index contributed by atoms with van der Waals surface area (Å²) in [6.45, 7) is 2.78. The van der Waals surface area contributed by atoms with Crippen LogP contribution in [0.25, 0.3) is 0 Å². The van der Waals surface area contributed by atoms with Crippen molar-refractivity contribution in [2.45, 2.75) is 0 Å². The van der Waals surface area contributed by atoms with Crippen LogP contribution in [0.2, 0.25) is 0 Å². The second-order valence-electron chi connectivity index (χ2n) is 5.78. The first-order valence-corrected chi connectivity index (χ1v) is 8.05. The molecule has 1 saturated heterocycles. The van der Waals surface area contributed by atoms with Gasteiger partial charge < -0.3 is 10.2 Å². The summed E-state index contributed by atoms with van der Waals surface area (Å²) in [5.74, 6) is 0.323. The molecular formula is C17H19N5O3. The lowest BCUT2D eigenvalue weighted by atomic mass is 10.2. The topological polar surface area (TPSA) is 91.6 Å². The third kappa shape index (κ3) is 4.30. The maximum atomic E-state index is 12.1. The minimum absolute atomic E-state index is 0.0118. The largest absolute Gasteiger partial charge is 0.348 e. The zero-order chi connectivity index (χ0) is 17.6. The third-order valence-electron chi connectivity index (χ3n) is 4.06. The Morgan fingerprint density at radius 2 is 1.84 bits per heavy atom. The number of rotatable bonds is 5. The van der Waals surface area contributed by atoms with Crippen LogP contribution in [0.5, 0.6) is 0 Å². The van der Waals surface area contributed by atoms with Gasteiger partial charge in [0.05, 0.1) is 11.5 Å². The van der Waals surface area contributed by atoms with Crippen molar-refractivity contribution in [2.24, 2.45) is 0 Å². The Balaban J connectivity index is 1.54. The van der Waals surface area contributed by atoms with Crippen molar-refractivity contribution in [3.8, 4) is 0 Å². The molecule has 25 heavy (non-hydrogen) atoms.